The Morgan fingerprint density at radius 1 is 1.19 bits per heavy atom. The van der Waals surface area contributed by atoms with Gasteiger partial charge in [0.1, 0.15) is 11.7 Å². The van der Waals surface area contributed by atoms with Gasteiger partial charge in [0.25, 0.3) is 11.5 Å². The van der Waals surface area contributed by atoms with Crippen molar-refractivity contribution in [1.29, 1.82) is 0 Å². The summed E-state index contributed by atoms with van der Waals surface area (Å²) in [6.45, 7) is 0.481. The van der Waals surface area contributed by atoms with E-state index in [1.807, 2.05) is 0 Å². The van der Waals surface area contributed by atoms with Crippen LogP contribution in [0.5, 0.6) is 0 Å². The Hall–Kier alpha value is -4.33. The molecule has 14 nitrogen and oxygen atoms in total. The van der Waals surface area contributed by atoms with Crippen molar-refractivity contribution in [2.24, 2.45) is 0 Å². The Bertz CT molecular complexity index is 1230. The number of nitrogens with zero attached hydrogens (tertiary/aromatic N) is 2. The van der Waals surface area contributed by atoms with Crippen LogP contribution in [0.4, 0.5) is 23.1 Å². The lowest BCUT2D eigenvalue weighted by atomic mass is 10.1. The van der Waals surface area contributed by atoms with Crippen molar-refractivity contribution in [2.75, 3.05) is 40.2 Å². The van der Waals surface area contributed by atoms with Crippen LogP contribution in [-0.4, -0.2) is 75.0 Å². The van der Waals surface area contributed by atoms with Crippen molar-refractivity contribution in [3.63, 3.8) is 0 Å². The number of amides is 2. The average molecular weight is 536 g/mol. The smallest absolute Gasteiger partial charge is 0.326 e. The molecule has 1 aromatic heterocycles. The molecule has 2 atom stereocenters. The Morgan fingerprint density at radius 3 is 2.51 bits per heavy atom. The predicted molar refractivity (Wildman–Crippen MR) is 135 cm³/mol. The first-order valence-electron chi connectivity index (χ1n) is 11.2. The standard InChI is InChI=1S/C22H26ClN7O7/c23-8-7-15(31)30(10-12-9-25-18-17(26-12)20(35)29-22(24)28-18)13-3-1-11(2-4-13)19(34)27-14(21(36)37)5-6-16(32)33/h1-4,12,14,26H,5-10H2,(H,27,34)(H,32,33)(H,36,37)(H4,24,25,28,29,35). The number of nitrogen functional groups attached to an aromatic ring is 1. The minimum Gasteiger partial charge on any atom is -0.481 e. The molecule has 198 valence electrons. The van der Waals surface area contributed by atoms with Crippen molar-refractivity contribution in [3.05, 3.63) is 40.2 Å². The van der Waals surface area contributed by atoms with E-state index in [0.717, 1.165) is 0 Å². The van der Waals surface area contributed by atoms with Gasteiger partial charge in [0, 0.05) is 43.1 Å². The average Bonchev–Trinajstić information content (AvgIpc) is 2.85. The molecule has 37 heavy (non-hydrogen) atoms. The van der Waals surface area contributed by atoms with E-state index in [1.165, 1.54) is 29.2 Å². The Labute approximate surface area is 215 Å². The molecule has 1 aromatic carbocycles. The second-order valence-corrected chi connectivity index (χ2v) is 8.56. The van der Waals surface area contributed by atoms with Crippen LogP contribution >= 0.6 is 11.6 Å². The monoisotopic (exact) mass is 535 g/mol. The van der Waals surface area contributed by atoms with E-state index in [1.54, 1.807) is 0 Å². The number of rotatable bonds is 11. The summed E-state index contributed by atoms with van der Waals surface area (Å²) in [6.07, 6.45) is -0.646. The van der Waals surface area contributed by atoms with Crippen molar-refractivity contribution in [1.82, 2.24) is 15.3 Å². The molecule has 0 saturated heterocycles. The van der Waals surface area contributed by atoms with Gasteiger partial charge in [-0.3, -0.25) is 24.2 Å². The number of carbonyl (C=O) groups is 4. The number of anilines is 4. The maximum Gasteiger partial charge on any atom is 0.326 e. The number of halogens is 1. The zero-order chi connectivity index (χ0) is 27.1. The number of carboxylic acid groups (broad SMARTS) is 2. The van der Waals surface area contributed by atoms with E-state index in [4.69, 9.17) is 22.4 Å². The van der Waals surface area contributed by atoms with Gasteiger partial charge in [0.05, 0.1) is 6.04 Å². The van der Waals surface area contributed by atoms with Crippen molar-refractivity contribution in [3.8, 4) is 0 Å². The summed E-state index contributed by atoms with van der Waals surface area (Å²) in [5.74, 6) is -3.16. The number of benzene rings is 1. The molecular weight excluding hydrogens is 510 g/mol. The number of alkyl halides is 1. The highest BCUT2D eigenvalue weighted by Crippen LogP contribution is 2.23. The molecule has 0 fully saturated rings. The lowest BCUT2D eigenvalue weighted by molar-refractivity contribution is -0.140. The van der Waals surface area contributed by atoms with Crippen molar-refractivity contribution >= 4 is 58.5 Å². The fourth-order valence-corrected chi connectivity index (χ4v) is 3.85. The molecule has 0 aliphatic carbocycles. The minimum absolute atomic E-state index is 0.0314. The molecule has 1 aliphatic rings. The molecule has 0 radical (unpaired) electrons. The molecule has 3 rings (SSSR count). The van der Waals surface area contributed by atoms with Crippen LogP contribution in [0.25, 0.3) is 0 Å². The van der Waals surface area contributed by atoms with E-state index >= 15 is 0 Å². The van der Waals surface area contributed by atoms with E-state index in [-0.39, 0.29) is 54.4 Å². The summed E-state index contributed by atoms with van der Waals surface area (Å²) in [7, 11) is 0. The van der Waals surface area contributed by atoms with Gasteiger partial charge in [-0.1, -0.05) is 0 Å². The zero-order valence-electron chi connectivity index (χ0n) is 19.5. The van der Waals surface area contributed by atoms with Crippen LogP contribution in [0, 0.1) is 0 Å². The van der Waals surface area contributed by atoms with Gasteiger partial charge in [-0.2, -0.15) is 4.98 Å². The maximum atomic E-state index is 12.8. The van der Waals surface area contributed by atoms with Crippen LogP contribution in [0.1, 0.15) is 29.6 Å². The number of aromatic amines is 1. The zero-order valence-corrected chi connectivity index (χ0v) is 20.2. The quantitative estimate of drug-likeness (QED) is 0.193. The number of nitrogens with two attached hydrogens (primary N) is 1. The molecule has 2 aromatic rings. The number of carbonyl (C=O) groups excluding carboxylic acids is 2. The fraction of sp³-hybridized carbons (Fsp3) is 0.364. The molecular formula is C22H26ClN7O7. The Morgan fingerprint density at radius 2 is 1.89 bits per heavy atom. The van der Waals surface area contributed by atoms with Gasteiger partial charge in [0.15, 0.2) is 5.82 Å². The first kappa shape index (κ1) is 27.3. The number of fused-ring (bicyclic) bond motifs is 1. The van der Waals surface area contributed by atoms with Crippen molar-refractivity contribution < 1.29 is 29.4 Å². The molecule has 15 heteroatoms. The first-order chi connectivity index (χ1) is 17.6. The number of hydrogen-bond donors (Lipinski definition) is 7. The topological polar surface area (TPSA) is 220 Å². The fourth-order valence-electron chi connectivity index (χ4n) is 3.68. The summed E-state index contributed by atoms with van der Waals surface area (Å²) in [4.78, 5) is 67.6. The molecule has 1 aliphatic heterocycles. The largest absolute Gasteiger partial charge is 0.481 e. The molecule has 8 N–H and O–H groups in total. The third-order valence-corrected chi connectivity index (χ3v) is 5.69. The number of H-pyrrole nitrogens is 1. The second kappa shape index (κ2) is 12.1. The Kier molecular flexibility index (Phi) is 8.90. The molecule has 2 amide bonds. The van der Waals surface area contributed by atoms with Gasteiger partial charge >= 0.3 is 11.9 Å². The predicted octanol–water partition coefficient (Wildman–Crippen LogP) is 0.268. The Balaban J connectivity index is 1.75. The van der Waals surface area contributed by atoms with Gasteiger partial charge in [-0.15, -0.1) is 11.6 Å². The lowest BCUT2D eigenvalue weighted by Gasteiger charge is -2.32. The molecule has 2 heterocycles. The van der Waals surface area contributed by atoms with Crippen LogP contribution in [0.15, 0.2) is 29.1 Å². The van der Waals surface area contributed by atoms with Crippen LogP contribution in [-0.2, 0) is 14.4 Å². The van der Waals surface area contributed by atoms with Crippen LogP contribution in [0.2, 0.25) is 0 Å². The highest BCUT2D eigenvalue weighted by atomic mass is 35.5. The molecule has 0 bridgehead atoms. The highest BCUT2D eigenvalue weighted by Gasteiger charge is 2.27. The van der Waals surface area contributed by atoms with Gasteiger partial charge in [-0.25, -0.2) is 4.79 Å². The lowest BCUT2D eigenvalue weighted by Crippen LogP contribution is -2.47. The van der Waals surface area contributed by atoms with E-state index < -0.39 is 35.9 Å². The number of hydrogen-bond acceptors (Lipinski definition) is 9. The summed E-state index contributed by atoms with van der Waals surface area (Å²) in [5, 5.41) is 26.4. The third-order valence-electron chi connectivity index (χ3n) is 5.51. The molecule has 2 unspecified atom stereocenters. The summed E-state index contributed by atoms with van der Waals surface area (Å²) >= 11 is 5.78. The highest BCUT2D eigenvalue weighted by molar-refractivity contribution is 6.19. The summed E-state index contributed by atoms with van der Waals surface area (Å²) in [6, 6.07) is 4.13. The molecule has 0 saturated carbocycles. The number of carboxylic acids is 2. The maximum absolute atomic E-state index is 12.8. The summed E-state index contributed by atoms with van der Waals surface area (Å²) < 4.78 is 0. The molecule has 0 spiro atoms. The summed E-state index contributed by atoms with van der Waals surface area (Å²) in [5.41, 5.74) is 5.87. The van der Waals surface area contributed by atoms with Gasteiger partial charge < -0.3 is 36.8 Å². The number of nitrogens with one attached hydrogen (secondary N) is 4. The van der Waals surface area contributed by atoms with E-state index in [0.29, 0.717) is 18.1 Å². The second-order valence-electron chi connectivity index (χ2n) is 8.18. The van der Waals surface area contributed by atoms with Gasteiger partial charge in [0.2, 0.25) is 11.9 Å². The van der Waals surface area contributed by atoms with Crippen LogP contribution < -0.4 is 32.1 Å². The van der Waals surface area contributed by atoms with Crippen molar-refractivity contribution in [2.45, 2.75) is 31.3 Å². The van der Waals surface area contributed by atoms with Crippen LogP contribution in [0.3, 0.4) is 0 Å². The number of aliphatic carboxylic acids is 2. The van der Waals surface area contributed by atoms with Gasteiger partial charge in [-0.05, 0) is 30.7 Å². The minimum atomic E-state index is -1.37. The number of aromatic nitrogens is 2. The van der Waals surface area contributed by atoms with E-state index in [2.05, 4.69) is 25.9 Å². The van der Waals surface area contributed by atoms with E-state index in [9.17, 15) is 29.1 Å². The normalized spacial score (nSPS) is 14.9. The SMILES string of the molecule is Nc1nc2c(c(=O)[nH]1)NC(CN(C(=O)CCCl)c1ccc(C(=O)NC(CCC(=O)O)C(=O)O)cc1)CN2. The first-order valence-corrected chi connectivity index (χ1v) is 11.7. The third kappa shape index (κ3) is 7.10.